The molecule has 9 nitrogen and oxygen atoms in total. The molecule has 0 bridgehead atoms. The highest BCUT2D eigenvalue weighted by Gasteiger charge is 2.19. The van der Waals surface area contributed by atoms with E-state index in [2.05, 4.69) is 18.9 Å². The summed E-state index contributed by atoms with van der Waals surface area (Å²) in [5.41, 5.74) is 4.58. The Morgan fingerprint density at radius 2 is 1.78 bits per heavy atom. The van der Waals surface area contributed by atoms with Gasteiger partial charge in [-0.1, -0.05) is 38.1 Å². The highest BCUT2D eigenvalue weighted by molar-refractivity contribution is 5.87. The smallest absolute Gasteiger partial charge is 0.335 e. The Kier molecular flexibility index (Phi) is 9.28. The molecule has 0 unspecified atom stereocenters. The molecule has 5 rings (SSSR count). The van der Waals surface area contributed by atoms with Crippen LogP contribution < -0.4 is 19.8 Å². The Labute approximate surface area is 261 Å². The number of hydrogen-bond donors (Lipinski definition) is 1. The summed E-state index contributed by atoms with van der Waals surface area (Å²) in [5.74, 6) is 1.36. The van der Waals surface area contributed by atoms with Crippen LogP contribution in [0.1, 0.15) is 59.3 Å². The van der Waals surface area contributed by atoms with Crippen molar-refractivity contribution >= 4 is 23.1 Å². The fourth-order valence-electron chi connectivity index (χ4n) is 5.04. The van der Waals surface area contributed by atoms with Crippen LogP contribution in [0.2, 0.25) is 0 Å². The van der Waals surface area contributed by atoms with Gasteiger partial charge in [0.1, 0.15) is 12.4 Å². The molecule has 0 fully saturated rings. The van der Waals surface area contributed by atoms with Crippen molar-refractivity contribution in [2.24, 2.45) is 5.10 Å². The van der Waals surface area contributed by atoms with E-state index in [0.29, 0.717) is 46.0 Å². The van der Waals surface area contributed by atoms with Gasteiger partial charge < -0.3 is 19.3 Å². The van der Waals surface area contributed by atoms with E-state index in [1.807, 2.05) is 38.1 Å². The van der Waals surface area contributed by atoms with E-state index in [-0.39, 0.29) is 23.6 Å². The molecule has 1 N–H and O–H groups in total. The highest BCUT2D eigenvalue weighted by Crippen LogP contribution is 2.34. The van der Waals surface area contributed by atoms with Crippen LogP contribution in [0.15, 0.2) is 88.8 Å². The fraction of sp³-hybridized carbons (Fsp3) is 0.222. The van der Waals surface area contributed by atoms with Crippen LogP contribution in [0.3, 0.4) is 0 Å². The molecule has 9 heteroatoms. The lowest BCUT2D eigenvalue weighted by Crippen LogP contribution is -2.21. The van der Waals surface area contributed by atoms with Gasteiger partial charge in [-0.2, -0.15) is 9.78 Å². The lowest BCUT2D eigenvalue weighted by molar-refractivity contribution is 0.0696. The summed E-state index contributed by atoms with van der Waals surface area (Å²) in [7, 11) is 1.53. The van der Waals surface area contributed by atoms with Crippen molar-refractivity contribution in [2.45, 2.75) is 40.2 Å². The molecule has 0 saturated carbocycles. The molecule has 45 heavy (non-hydrogen) atoms. The minimum Gasteiger partial charge on any atom is -0.494 e. The second kappa shape index (κ2) is 13.5. The van der Waals surface area contributed by atoms with E-state index >= 15 is 0 Å². The molecule has 0 saturated heterocycles. The quantitative estimate of drug-likeness (QED) is 0.160. The van der Waals surface area contributed by atoms with Gasteiger partial charge in [-0.3, -0.25) is 4.79 Å². The van der Waals surface area contributed by atoms with Crippen LogP contribution in [0.25, 0.3) is 22.3 Å². The van der Waals surface area contributed by atoms with Gasteiger partial charge in [-0.05, 0) is 96.6 Å². The van der Waals surface area contributed by atoms with Crippen LogP contribution in [-0.2, 0) is 6.61 Å². The van der Waals surface area contributed by atoms with Gasteiger partial charge in [-0.25, -0.2) is 9.78 Å². The zero-order valence-corrected chi connectivity index (χ0v) is 25.9. The molecule has 1 aromatic heterocycles. The largest absolute Gasteiger partial charge is 0.494 e. The predicted octanol–water partition coefficient (Wildman–Crippen LogP) is 7.06. The summed E-state index contributed by atoms with van der Waals surface area (Å²) in [6.07, 6.45) is 1.58. The molecule has 0 atom stereocenters. The van der Waals surface area contributed by atoms with Crippen molar-refractivity contribution < 1.29 is 24.1 Å². The fourth-order valence-corrected chi connectivity index (χ4v) is 5.04. The van der Waals surface area contributed by atoms with E-state index < -0.39 is 5.97 Å². The molecule has 0 amide bonds. The number of benzene rings is 4. The van der Waals surface area contributed by atoms with E-state index in [1.54, 1.807) is 54.7 Å². The second-order valence-corrected chi connectivity index (χ2v) is 10.8. The average molecular weight is 606 g/mol. The first-order valence-electron chi connectivity index (χ1n) is 14.7. The van der Waals surface area contributed by atoms with Crippen molar-refractivity contribution in [3.8, 4) is 28.6 Å². The SMILES string of the molecule is CCOc1cc(C)c(-c2nc3ccccc3c(=O)n2N=Cc2ccc(OCc3cccc(C(=O)O)c3)c(OC)c2)cc1C(C)C. The van der Waals surface area contributed by atoms with Crippen molar-refractivity contribution in [3.05, 3.63) is 117 Å². The third kappa shape index (κ3) is 6.72. The summed E-state index contributed by atoms with van der Waals surface area (Å²) < 4.78 is 18.8. The molecule has 0 aliphatic carbocycles. The number of nitrogens with zero attached hydrogens (tertiary/aromatic N) is 3. The number of hydrogen-bond acceptors (Lipinski definition) is 7. The normalized spacial score (nSPS) is 11.3. The molecule has 0 aliphatic heterocycles. The number of aryl methyl sites for hydroxylation is 1. The minimum atomic E-state index is -1.00. The number of rotatable bonds is 11. The van der Waals surface area contributed by atoms with Gasteiger partial charge in [0, 0.05) is 5.56 Å². The maximum Gasteiger partial charge on any atom is 0.335 e. The van der Waals surface area contributed by atoms with Gasteiger partial charge >= 0.3 is 5.97 Å². The summed E-state index contributed by atoms with van der Waals surface area (Å²) in [6.45, 7) is 8.84. The maximum atomic E-state index is 13.8. The van der Waals surface area contributed by atoms with Crippen LogP contribution >= 0.6 is 0 Å². The molecule has 0 spiro atoms. The summed E-state index contributed by atoms with van der Waals surface area (Å²) >= 11 is 0. The lowest BCUT2D eigenvalue weighted by atomic mass is 9.96. The number of fused-ring (bicyclic) bond motifs is 1. The number of aromatic carboxylic acids is 1. The maximum absolute atomic E-state index is 13.8. The Bertz CT molecular complexity index is 1960. The van der Waals surface area contributed by atoms with Crippen LogP contribution in [0.4, 0.5) is 0 Å². The molecule has 0 radical (unpaired) electrons. The number of carboxylic acids is 1. The summed E-state index contributed by atoms with van der Waals surface area (Å²) in [6, 6.07) is 23.1. The molecule has 4 aromatic carbocycles. The zero-order chi connectivity index (χ0) is 32.1. The number of carboxylic acid groups (broad SMARTS) is 1. The summed E-state index contributed by atoms with van der Waals surface area (Å²) in [4.78, 5) is 30.0. The Balaban J connectivity index is 1.53. The second-order valence-electron chi connectivity index (χ2n) is 10.8. The topological polar surface area (TPSA) is 112 Å². The van der Waals surface area contributed by atoms with Gasteiger partial charge in [0.2, 0.25) is 0 Å². The van der Waals surface area contributed by atoms with Gasteiger partial charge in [0.15, 0.2) is 17.3 Å². The number of ether oxygens (including phenoxy) is 3. The summed E-state index contributed by atoms with van der Waals surface area (Å²) in [5, 5.41) is 14.4. The first-order valence-corrected chi connectivity index (χ1v) is 14.7. The minimum absolute atomic E-state index is 0.159. The standard InChI is InChI=1S/C36H35N3O6/c1-6-44-32-16-23(4)29(19-28(32)22(2)3)34-38-30-13-8-7-12-27(30)35(40)39(34)37-20-24-14-15-31(33(18-24)43-5)45-21-25-10-9-11-26(17-25)36(41)42/h7-20,22H,6,21H2,1-5H3,(H,41,42). The van der Waals surface area contributed by atoms with E-state index in [4.69, 9.17) is 19.2 Å². The molecule has 230 valence electrons. The van der Waals surface area contributed by atoms with Gasteiger partial charge in [0.25, 0.3) is 5.56 Å². The third-order valence-corrected chi connectivity index (χ3v) is 7.35. The van der Waals surface area contributed by atoms with Crippen LogP contribution in [0, 0.1) is 6.92 Å². The van der Waals surface area contributed by atoms with E-state index in [9.17, 15) is 14.7 Å². The molecule has 0 aliphatic rings. The third-order valence-electron chi connectivity index (χ3n) is 7.35. The average Bonchev–Trinajstić information content (AvgIpc) is 3.03. The zero-order valence-electron chi connectivity index (χ0n) is 25.9. The van der Waals surface area contributed by atoms with Crippen molar-refractivity contribution in [2.75, 3.05) is 13.7 Å². The lowest BCUT2D eigenvalue weighted by Gasteiger charge is -2.18. The number of aromatic nitrogens is 2. The van der Waals surface area contributed by atoms with Crippen molar-refractivity contribution in [1.82, 2.24) is 9.66 Å². The Morgan fingerprint density at radius 1 is 0.978 bits per heavy atom. The predicted molar refractivity (Wildman–Crippen MR) is 175 cm³/mol. The van der Waals surface area contributed by atoms with Crippen LogP contribution in [0.5, 0.6) is 17.2 Å². The Morgan fingerprint density at radius 3 is 2.51 bits per heavy atom. The number of carbonyl (C=O) groups is 1. The van der Waals surface area contributed by atoms with Crippen molar-refractivity contribution in [1.29, 1.82) is 0 Å². The molecular formula is C36H35N3O6. The first kappa shape index (κ1) is 31.0. The number of methoxy groups -OCH3 is 1. The molecular weight excluding hydrogens is 570 g/mol. The van der Waals surface area contributed by atoms with Gasteiger partial charge in [-0.15, -0.1) is 0 Å². The van der Waals surface area contributed by atoms with E-state index in [0.717, 1.165) is 22.4 Å². The Hall–Kier alpha value is -5.44. The van der Waals surface area contributed by atoms with Crippen molar-refractivity contribution in [3.63, 3.8) is 0 Å². The number of para-hydroxylation sites is 1. The first-order chi connectivity index (χ1) is 21.7. The van der Waals surface area contributed by atoms with Gasteiger partial charge in [0.05, 0.1) is 36.4 Å². The highest BCUT2D eigenvalue weighted by atomic mass is 16.5. The van der Waals surface area contributed by atoms with E-state index in [1.165, 1.54) is 17.9 Å². The monoisotopic (exact) mass is 605 g/mol. The van der Waals surface area contributed by atoms with Crippen LogP contribution in [-0.4, -0.2) is 40.7 Å². The molecule has 1 heterocycles. The molecule has 5 aromatic rings.